The van der Waals surface area contributed by atoms with E-state index in [1.54, 1.807) is 24.4 Å². The van der Waals surface area contributed by atoms with Crippen LogP contribution in [0, 0.1) is 0 Å². The zero-order chi connectivity index (χ0) is 24.5. The van der Waals surface area contributed by atoms with Crippen molar-refractivity contribution in [3.8, 4) is 0 Å². The van der Waals surface area contributed by atoms with E-state index in [-0.39, 0.29) is 24.4 Å². The number of benzene rings is 1. The lowest BCUT2D eigenvalue weighted by Crippen LogP contribution is -2.34. The summed E-state index contributed by atoms with van der Waals surface area (Å²) in [5.41, 5.74) is 3.07. The molecule has 2 aliphatic rings. The first-order valence-corrected chi connectivity index (χ1v) is 12.4. The molecule has 1 aromatic carbocycles. The van der Waals surface area contributed by atoms with E-state index < -0.39 is 5.97 Å². The van der Waals surface area contributed by atoms with Gasteiger partial charge in [0.15, 0.2) is 0 Å². The molecule has 1 amide bonds. The molecule has 5 rings (SSSR count). The van der Waals surface area contributed by atoms with Gasteiger partial charge in [0.25, 0.3) is 11.5 Å². The van der Waals surface area contributed by atoms with Crippen LogP contribution in [0.1, 0.15) is 29.5 Å². The number of carbonyl (C=O) groups excluding carboxylic acids is 1. The fraction of sp³-hybridized carbons (Fsp3) is 0.240. The lowest BCUT2D eigenvalue weighted by Gasteiger charge is -2.30. The molecular formula is C25H22N4O4S2. The van der Waals surface area contributed by atoms with E-state index in [4.69, 9.17) is 22.3 Å². The summed E-state index contributed by atoms with van der Waals surface area (Å²) in [5.74, 6) is -0.710. The summed E-state index contributed by atoms with van der Waals surface area (Å²) >= 11 is 6.49. The summed E-state index contributed by atoms with van der Waals surface area (Å²) in [6.45, 7) is 1.53. The predicted molar refractivity (Wildman–Crippen MR) is 139 cm³/mol. The minimum atomic E-state index is -0.922. The number of rotatable bonds is 6. The van der Waals surface area contributed by atoms with Crippen molar-refractivity contribution in [2.75, 3.05) is 18.0 Å². The highest BCUT2D eigenvalue weighted by atomic mass is 32.2. The summed E-state index contributed by atoms with van der Waals surface area (Å²) in [4.78, 5) is 46.1. The van der Waals surface area contributed by atoms with E-state index in [0.717, 1.165) is 18.2 Å². The molecule has 0 radical (unpaired) electrons. The van der Waals surface area contributed by atoms with Crippen molar-refractivity contribution in [3.63, 3.8) is 0 Å². The molecule has 1 fully saturated rings. The van der Waals surface area contributed by atoms with Gasteiger partial charge in [-0.15, -0.1) is 0 Å². The van der Waals surface area contributed by atoms with Gasteiger partial charge in [-0.25, -0.2) is 4.98 Å². The van der Waals surface area contributed by atoms with E-state index in [9.17, 15) is 14.4 Å². The average molecular weight is 507 g/mol. The molecule has 3 aromatic rings. The Balaban J connectivity index is 1.55. The Morgan fingerprint density at radius 2 is 1.91 bits per heavy atom. The Bertz CT molecular complexity index is 1450. The van der Waals surface area contributed by atoms with Gasteiger partial charge in [0.05, 0.1) is 10.5 Å². The molecule has 8 nitrogen and oxygen atoms in total. The number of pyridine rings is 1. The number of aliphatic carboxylic acids is 1. The second-order valence-electron chi connectivity index (χ2n) is 8.35. The van der Waals surface area contributed by atoms with Crippen LogP contribution in [0.5, 0.6) is 0 Å². The quantitative estimate of drug-likeness (QED) is 0.402. The van der Waals surface area contributed by atoms with Crippen LogP contribution in [-0.4, -0.2) is 48.7 Å². The van der Waals surface area contributed by atoms with Crippen LogP contribution >= 0.6 is 24.0 Å². The third-order valence-corrected chi connectivity index (χ3v) is 7.48. The highest BCUT2D eigenvalue weighted by Gasteiger charge is 2.33. The minimum absolute atomic E-state index is 0.0490. The number of carboxylic acids is 1. The van der Waals surface area contributed by atoms with E-state index in [2.05, 4.69) is 17.0 Å². The molecule has 2 aliphatic heterocycles. The van der Waals surface area contributed by atoms with Gasteiger partial charge in [0.2, 0.25) is 0 Å². The molecule has 0 aliphatic carbocycles. The molecule has 1 saturated heterocycles. The first-order chi connectivity index (χ1) is 16.9. The maximum atomic E-state index is 13.6. The number of anilines is 1. The van der Waals surface area contributed by atoms with Gasteiger partial charge in [-0.2, -0.15) is 0 Å². The summed E-state index contributed by atoms with van der Waals surface area (Å²) < 4.78 is 1.83. The van der Waals surface area contributed by atoms with Gasteiger partial charge in [-0.05, 0) is 42.2 Å². The lowest BCUT2D eigenvalue weighted by atomic mass is 9.99. The molecule has 0 saturated carbocycles. The molecular weight excluding hydrogens is 484 g/mol. The fourth-order valence-corrected chi connectivity index (χ4v) is 5.64. The smallest absolute Gasteiger partial charge is 0.303 e. The number of amides is 1. The molecule has 4 heterocycles. The Kier molecular flexibility index (Phi) is 6.40. The highest BCUT2D eigenvalue weighted by molar-refractivity contribution is 8.26. The topological polar surface area (TPSA) is 95.2 Å². The van der Waals surface area contributed by atoms with Crippen molar-refractivity contribution in [2.24, 2.45) is 0 Å². The molecule has 0 unspecified atom stereocenters. The van der Waals surface area contributed by atoms with Crippen LogP contribution in [0.15, 0.2) is 58.4 Å². The Labute approximate surface area is 210 Å². The van der Waals surface area contributed by atoms with E-state index in [0.29, 0.717) is 45.8 Å². The van der Waals surface area contributed by atoms with Crippen molar-refractivity contribution < 1.29 is 14.7 Å². The van der Waals surface area contributed by atoms with Crippen LogP contribution in [0.4, 0.5) is 5.82 Å². The summed E-state index contributed by atoms with van der Waals surface area (Å²) in [6.07, 6.45) is 4.33. The molecule has 0 spiro atoms. The third kappa shape index (κ3) is 4.59. The van der Waals surface area contributed by atoms with E-state index in [1.165, 1.54) is 20.4 Å². The number of thiocarbonyl (C=S) groups is 1. The zero-order valence-electron chi connectivity index (χ0n) is 18.7. The maximum absolute atomic E-state index is 13.6. The highest BCUT2D eigenvalue weighted by Crippen LogP contribution is 2.34. The van der Waals surface area contributed by atoms with Crippen LogP contribution in [-0.2, 0) is 22.6 Å². The minimum Gasteiger partial charge on any atom is -0.481 e. The van der Waals surface area contributed by atoms with E-state index >= 15 is 0 Å². The fourth-order valence-electron chi connectivity index (χ4n) is 4.35. The number of carbonyl (C=O) groups is 2. The van der Waals surface area contributed by atoms with Gasteiger partial charge in [-0.1, -0.05) is 54.3 Å². The van der Waals surface area contributed by atoms with Crippen molar-refractivity contribution in [1.82, 2.24) is 14.3 Å². The van der Waals surface area contributed by atoms with Gasteiger partial charge < -0.3 is 10.0 Å². The SMILES string of the molecule is O=C(O)CCCN1C(=O)/C(=C/c2c(N3CCc4ccccc4C3)nc3ccccn3c2=O)SC1=S. The third-order valence-electron chi connectivity index (χ3n) is 6.10. The van der Waals surface area contributed by atoms with Crippen molar-refractivity contribution in [1.29, 1.82) is 0 Å². The first-order valence-electron chi connectivity index (χ1n) is 11.2. The number of hydrogen-bond acceptors (Lipinski definition) is 7. The second kappa shape index (κ2) is 9.63. The maximum Gasteiger partial charge on any atom is 0.303 e. The largest absolute Gasteiger partial charge is 0.481 e. The lowest BCUT2D eigenvalue weighted by molar-refractivity contribution is -0.137. The molecule has 1 N–H and O–H groups in total. The first kappa shape index (κ1) is 23.3. The molecule has 35 heavy (non-hydrogen) atoms. The van der Waals surface area contributed by atoms with E-state index in [1.807, 2.05) is 18.2 Å². The summed E-state index contributed by atoms with van der Waals surface area (Å²) in [6, 6.07) is 13.6. The number of carboxylic acid groups (broad SMARTS) is 1. The molecule has 0 atom stereocenters. The monoisotopic (exact) mass is 506 g/mol. The van der Waals surface area contributed by atoms with Gasteiger partial charge in [-0.3, -0.25) is 23.7 Å². The number of nitrogens with zero attached hydrogens (tertiary/aromatic N) is 4. The standard InChI is InChI=1S/C25H22N4O4S2/c30-21(31)9-5-12-29-24(33)19(35-25(29)34)14-18-22(26-20-8-3-4-11-28(20)23(18)32)27-13-10-16-6-1-2-7-17(16)15-27/h1-4,6-8,11,14H,5,9-10,12-13,15H2,(H,30,31)/b19-14-. The number of thioether (sulfide) groups is 1. The second-order valence-corrected chi connectivity index (χ2v) is 10.0. The molecule has 178 valence electrons. The predicted octanol–water partition coefficient (Wildman–Crippen LogP) is 3.32. The van der Waals surface area contributed by atoms with Crippen LogP contribution < -0.4 is 10.5 Å². The van der Waals surface area contributed by atoms with Crippen molar-refractivity contribution >= 4 is 57.7 Å². The van der Waals surface area contributed by atoms with Crippen LogP contribution in [0.25, 0.3) is 11.7 Å². The normalized spacial score (nSPS) is 16.9. The number of hydrogen-bond donors (Lipinski definition) is 1. The van der Waals surface area contributed by atoms with Gasteiger partial charge in [0.1, 0.15) is 15.8 Å². The molecule has 0 bridgehead atoms. The van der Waals surface area contributed by atoms with Crippen LogP contribution in [0.3, 0.4) is 0 Å². The molecule has 10 heteroatoms. The van der Waals surface area contributed by atoms with Crippen molar-refractivity contribution in [3.05, 3.63) is 80.6 Å². The summed E-state index contributed by atoms with van der Waals surface area (Å²) in [7, 11) is 0. The van der Waals surface area contributed by atoms with Gasteiger partial charge in [0, 0.05) is 32.3 Å². The average Bonchev–Trinajstić information content (AvgIpc) is 3.12. The molecule has 2 aromatic heterocycles. The Hall–Kier alpha value is -3.50. The zero-order valence-corrected chi connectivity index (χ0v) is 20.3. The Morgan fingerprint density at radius 1 is 1.14 bits per heavy atom. The van der Waals surface area contributed by atoms with Crippen molar-refractivity contribution in [2.45, 2.75) is 25.8 Å². The number of aromatic nitrogens is 2. The number of fused-ring (bicyclic) bond motifs is 2. The van der Waals surface area contributed by atoms with Crippen LogP contribution in [0.2, 0.25) is 0 Å². The Morgan fingerprint density at radius 3 is 2.71 bits per heavy atom. The summed E-state index contributed by atoms with van der Waals surface area (Å²) in [5, 5.41) is 8.90. The van der Waals surface area contributed by atoms with Gasteiger partial charge >= 0.3 is 5.97 Å².